The first-order valence-corrected chi connectivity index (χ1v) is 11.3. The first-order valence-electron chi connectivity index (χ1n) is 8.00. The Morgan fingerprint density at radius 1 is 1.04 bits per heavy atom. The van der Waals surface area contributed by atoms with Crippen LogP contribution in [0.2, 0.25) is 0 Å². The zero-order valence-corrected chi connectivity index (χ0v) is 16.6. The minimum atomic E-state index is -3.71. The third-order valence-electron chi connectivity index (χ3n) is 3.86. The Bertz CT molecular complexity index is 959. The molecule has 1 heterocycles. The van der Waals surface area contributed by atoms with Gasteiger partial charge in [0, 0.05) is 32.0 Å². The molecular formula is C17H23N3O4S2. The minimum absolute atomic E-state index is 0.0200. The molecule has 142 valence electrons. The lowest BCUT2D eigenvalue weighted by atomic mass is 10.2. The number of benzene rings is 1. The molecule has 0 aliphatic heterocycles. The summed E-state index contributed by atoms with van der Waals surface area (Å²) in [5.74, 6) is 0. The van der Waals surface area contributed by atoms with Gasteiger partial charge in [0.15, 0.2) is 0 Å². The summed E-state index contributed by atoms with van der Waals surface area (Å²) in [7, 11) is -7.19. The van der Waals surface area contributed by atoms with E-state index in [4.69, 9.17) is 0 Å². The molecule has 0 fully saturated rings. The van der Waals surface area contributed by atoms with Gasteiger partial charge in [-0.1, -0.05) is 12.1 Å². The standard InChI is InChI=1S/C17H23N3O4S2/c1-14-4-5-15(2)17(12-14)26(23,24)19-10-11-20(25(3,21)22)13-16-6-8-18-9-7-16/h4-9,12,19H,10-11,13H2,1-3H3. The maximum atomic E-state index is 12.5. The number of rotatable bonds is 8. The summed E-state index contributed by atoms with van der Waals surface area (Å²) in [6.07, 6.45) is 4.27. The maximum absolute atomic E-state index is 12.5. The van der Waals surface area contributed by atoms with Crippen molar-refractivity contribution < 1.29 is 16.8 Å². The van der Waals surface area contributed by atoms with E-state index in [0.29, 0.717) is 5.56 Å². The van der Waals surface area contributed by atoms with Crippen molar-refractivity contribution in [3.05, 3.63) is 59.4 Å². The summed E-state index contributed by atoms with van der Waals surface area (Å²) in [4.78, 5) is 4.10. The highest BCUT2D eigenvalue weighted by Crippen LogP contribution is 2.16. The highest BCUT2D eigenvalue weighted by molar-refractivity contribution is 7.89. The molecule has 0 saturated carbocycles. The lowest BCUT2D eigenvalue weighted by Crippen LogP contribution is -2.37. The molecule has 0 radical (unpaired) electrons. The Hall–Kier alpha value is -1.81. The fourth-order valence-corrected chi connectivity index (χ4v) is 4.59. The van der Waals surface area contributed by atoms with Crippen LogP contribution in [0.1, 0.15) is 16.7 Å². The van der Waals surface area contributed by atoms with E-state index in [-0.39, 0.29) is 24.5 Å². The largest absolute Gasteiger partial charge is 0.265 e. The van der Waals surface area contributed by atoms with Gasteiger partial charge in [0.1, 0.15) is 0 Å². The third-order valence-corrected chi connectivity index (χ3v) is 6.72. The lowest BCUT2D eigenvalue weighted by molar-refractivity contribution is 0.412. The van der Waals surface area contributed by atoms with Gasteiger partial charge in [-0.25, -0.2) is 21.6 Å². The Labute approximate surface area is 155 Å². The molecular weight excluding hydrogens is 374 g/mol. The van der Waals surface area contributed by atoms with Gasteiger partial charge in [-0.3, -0.25) is 4.98 Å². The predicted molar refractivity (Wildman–Crippen MR) is 101 cm³/mol. The Morgan fingerprint density at radius 2 is 1.69 bits per heavy atom. The van der Waals surface area contributed by atoms with Crippen molar-refractivity contribution in [2.45, 2.75) is 25.3 Å². The smallest absolute Gasteiger partial charge is 0.240 e. The van der Waals surface area contributed by atoms with Crippen LogP contribution in [0.5, 0.6) is 0 Å². The van der Waals surface area contributed by atoms with E-state index < -0.39 is 20.0 Å². The van der Waals surface area contributed by atoms with E-state index in [1.807, 2.05) is 13.0 Å². The molecule has 0 amide bonds. The first kappa shape index (κ1) is 20.5. The summed E-state index contributed by atoms with van der Waals surface area (Å²) in [5.41, 5.74) is 2.26. The maximum Gasteiger partial charge on any atom is 0.240 e. The molecule has 0 aliphatic rings. The number of nitrogens with zero attached hydrogens (tertiary/aromatic N) is 2. The number of aromatic nitrogens is 1. The molecule has 0 saturated heterocycles. The van der Waals surface area contributed by atoms with E-state index in [2.05, 4.69) is 9.71 Å². The topological polar surface area (TPSA) is 96.4 Å². The average molecular weight is 398 g/mol. The summed E-state index contributed by atoms with van der Waals surface area (Å²) < 4.78 is 52.7. The van der Waals surface area contributed by atoms with Crippen molar-refractivity contribution in [3.8, 4) is 0 Å². The van der Waals surface area contributed by atoms with Crippen LogP contribution in [-0.2, 0) is 26.6 Å². The van der Waals surface area contributed by atoms with Crippen LogP contribution in [0.15, 0.2) is 47.6 Å². The van der Waals surface area contributed by atoms with Crippen molar-refractivity contribution in [3.63, 3.8) is 0 Å². The molecule has 1 aromatic carbocycles. The van der Waals surface area contributed by atoms with Crippen LogP contribution in [0.4, 0.5) is 0 Å². The number of aryl methyl sites for hydroxylation is 2. The van der Waals surface area contributed by atoms with Gasteiger partial charge < -0.3 is 0 Å². The van der Waals surface area contributed by atoms with Crippen molar-refractivity contribution >= 4 is 20.0 Å². The summed E-state index contributed by atoms with van der Waals surface area (Å²) in [5, 5.41) is 0. The van der Waals surface area contributed by atoms with Crippen molar-refractivity contribution in [1.29, 1.82) is 0 Å². The Balaban J connectivity index is 2.08. The molecule has 0 aliphatic carbocycles. The minimum Gasteiger partial charge on any atom is -0.265 e. The molecule has 2 rings (SSSR count). The second-order valence-corrected chi connectivity index (χ2v) is 9.84. The fourth-order valence-electron chi connectivity index (χ4n) is 2.43. The van der Waals surface area contributed by atoms with Crippen molar-refractivity contribution in [1.82, 2.24) is 14.0 Å². The van der Waals surface area contributed by atoms with Gasteiger partial charge >= 0.3 is 0 Å². The molecule has 9 heteroatoms. The highest BCUT2D eigenvalue weighted by atomic mass is 32.2. The van der Waals surface area contributed by atoms with Crippen molar-refractivity contribution in [2.24, 2.45) is 0 Å². The Kier molecular flexibility index (Phi) is 6.51. The molecule has 2 aromatic rings. The quantitative estimate of drug-likeness (QED) is 0.727. The number of hydrogen-bond acceptors (Lipinski definition) is 5. The van der Waals surface area contributed by atoms with E-state index in [0.717, 1.165) is 17.4 Å². The Morgan fingerprint density at radius 3 is 2.31 bits per heavy atom. The zero-order valence-electron chi connectivity index (χ0n) is 15.0. The first-order chi connectivity index (χ1) is 12.1. The van der Waals surface area contributed by atoms with Crippen LogP contribution in [0.3, 0.4) is 0 Å². The number of hydrogen-bond donors (Lipinski definition) is 1. The summed E-state index contributed by atoms with van der Waals surface area (Å²) >= 11 is 0. The molecule has 7 nitrogen and oxygen atoms in total. The average Bonchev–Trinajstić information content (AvgIpc) is 2.56. The fraction of sp³-hybridized carbons (Fsp3) is 0.353. The van der Waals surface area contributed by atoms with E-state index in [1.54, 1.807) is 43.6 Å². The van der Waals surface area contributed by atoms with Gasteiger partial charge in [-0.05, 0) is 48.7 Å². The van der Waals surface area contributed by atoms with Gasteiger partial charge in [0.25, 0.3) is 0 Å². The molecule has 0 spiro atoms. The zero-order chi connectivity index (χ0) is 19.4. The summed E-state index contributed by atoms with van der Waals surface area (Å²) in [6, 6.07) is 8.63. The second kappa shape index (κ2) is 8.26. The highest BCUT2D eigenvalue weighted by Gasteiger charge is 2.20. The third kappa shape index (κ3) is 5.60. The van der Waals surface area contributed by atoms with Crippen LogP contribution in [-0.4, -0.2) is 45.5 Å². The monoisotopic (exact) mass is 397 g/mol. The second-order valence-electron chi connectivity index (χ2n) is 6.12. The van der Waals surface area contributed by atoms with Crippen LogP contribution < -0.4 is 4.72 Å². The number of nitrogens with one attached hydrogen (secondary N) is 1. The van der Waals surface area contributed by atoms with Gasteiger partial charge in [-0.2, -0.15) is 4.31 Å². The van der Waals surface area contributed by atoms with E-state index >= 15 is 0 Å². The van der Waals surface area contributed by atoms with Crippen LogP contribution in [0.25, 0.3) is 0 Å². The summed E-state index contributed by atoms with van der Waals surface area (Å²) in [6.45, 7) is 3.71. The normalized spacial score (nSPS) is 12.5. The van der Waals surface area contributed by atoms with Crippen LogP contribution in [0, 0.1) is 13.8 Å². The number of sulfonamides is 2. The van der Waals surface area contributed by atoms with Crippen molar-refractivity contribution in [2.75, 3.05) is 19.3 Å². The molecule has 0 bridgehead atoms. The van der Waals surface area contributed by atoms with Crippen LogP contribution >= 0.6 is 0 Å². The molecule has 0 unspecified atom stereocenters. The SMILES string of the molecule is Cc1ccc(C)c(S(=O)(=O)NCCN(Cc2ccncc2)S(C)(=O)=O)c1. The molecule has 0 atom stereocenters. The predicted octanol–water partition coefficient (Wildman–Crippen LogP) is 1.44. The molecule has 26 heavy (non-hydrogen) atoms. The van der Waals surface area contributed by atoms with E-state index in [9.17, 15) is 16.8 Å². The van der Waals surface area contributed by atoms with E-state index in [1.165, 1.54) is 4.31 Å². The molecule has 1 aromatic heterocycles. The van der Waals surface area contributed by atoms with Gasteiger partial charge in [-0.15, -0.1) is 0 Å². The van der Waals surface area contributed by atoms with Gasteiger partial charge in [0.2, 0.25) is 20.0 Å². The number of pyridine rings is 1. The van der Waals surface area contributed by atoms with Gasteiger partial charge in [0.05, 0.1) is 11.2 Å². The molecule has 1 N–H and O–H groups in total. The lowest BCUT2D eigenvalue weighted by Gasteiger charge is -2.20.